The van der Waals surface area contributed by atoms with Crippen LogP contribution in [0.2, 0.25) is 0 Å². The largest absolute Gasteiger partial charge is 0.435 e. The van der Waals surface area contributed by atoms with Crippen LogP contribution in [-0.4, -0.2) is 5.27 Å². The number of hydrogen-bond donors (Lipinski definition) is 1. The fourth-order valence-corrected chi connectivity index (χ4v) is 2.76. The molecule has 0 fully saturated rings. The van der Waals surface area contributed by atoms with Crippen molar-refractivity contribution < 1.29 is 9.20 Å². The third kappa shape index (κ3) is 2.54. The van der Waals surface area contributed by atoms with Gasteiger partial charge < -0.3 is 0 Å². The van der Waals surface area contributed by atoms with Gasteiger partial charge in [0.25, 0.3) is 0 Å². The molecule has 4 nitrogen and oxygen atoms in total. The SMILES string of the molecule is O=c1o[nH][n+](-c2ccccc2)c1/C=C/c1cccc2ccccc12. The van der Waals surface area contributed by atoms with Gasteiger partial charge in [0.05, 0.1) is 0 Å². The van der Waals surface area contributed by atoms with Gasteiger partial charge in [0.2, 0.25) is 5.69 Å². The molecular formula is C20H15N2O2+. The van der Waals surface area contributed by atoms with Gasteiger partial charge in [0.15, 0.2) is 0 Å². The fraction of sp³-hybridized carbons (Fsp3) is 0. The minimum Gasteiger partial charge on any atom is -0.282 e. The molecule has 1 heterocycles. The minimum absolute atomic E-state index is 0.407. The van der Waals surface area contributed by atoms with Gasteiger partial charge >= 0.3 is 11.3 Å². The number of aromatic amines is 1. The summed E-state index contributed by atoms with van der Waals surface area (Å²) < 4.78 is 6.59. The predicted octanol–water partition coefficient (Wildman–Crippen LogP) is 3.57. The molecule has 0 aliphatic rings. The Kier molecular flexibility index (Phi) is 3.56. The fourth-order valence-electron chi connectivity index (χ4n) is 2.76. The summed E-state index contributed by atoms with van der Waals surface area (Å²) in [5.41, 5.74) is 1.92. The molecule has 24 heavy (non-hydrogen) atoms. The molecule has 0 saturated carbocycles. The van der Waals surface area contributed by atoms with Crippen LogP contribution in [0.4, 0.5) is 0 Å². The second kappa shape index (κ2) is 6.01. The van der Waals surface area contributed by atoms with E-state index in [-0.39, 0.29) is 0 Å². The van der Waals surface area contributed by atoms with E-state index in [9.17, 15) is 4.79 Å². The van der Waals surface area contributed by atoms with Gasteiger partial charge in [0.1, 0.15) is 0 Å². The molecule has 0 aliphatic carbocycles. The molecule has 4 heteroatoms. The number of nitrogens with one attached hydrogen (secondary N) is 1. The number of para-hydroxylation sites is 1. The highest BCUT2D eigenvalue weighted by Crippen LogP contribution is 2.20. The molecule has 0 amide bonds. The number of fused-ring (bicyclic) bond motifs is 1. The Morgan fingerprint density at radius 1 is 0.833 bits per heavy atom. The average molecular weight is 315 g/mol. The third-order valence-electron chi connectivity index (χ3n) is 3.94. The maximum absolute atomic E-state index is 12.0. The Labute approximate surface area is 138 Å². The molecule has 0 atom stereocenters. The van der Waals surface area contributed by atoms with Gasteiger partial charge in [-0.2, -0.15) is 0 Å². The van der Waals surface area contributed by atoms with Crippen molar-refractivity contribution in [3.8, 4) is 5.69 Å². The Morgan fingerprint density at radius 3 is 2.46 bits per heavy atom. The van der Waals surface area contributed by atoms with Crippen molar-refractivity contribution in [1.29, 1.82) is 0 Å². The summed E-state index contributed by atoms with van der Waals surface area (Å²) in [6, 6.07) is 23.8. The van der Waals surface area contributed by atoms with E-state index in [0.29, 0.717) is 5.69 Å². The van der Waals surface area contributed by atoms with Crippen LogP contribution in [0.25, 0.3) is 28.6 Å². The molecule has 0 saturated heterocycles. The number of nitrogens with zero attached hydrogens (tertiary/aromatic N) is 1. The summed E-state index contributed by atoms with van der Waals surface area (Å²) in [5.74, 6) is 0. The molecule has 0 aliphatic heterocycles. The first-order chi connectivity index (χ1) is 11.8. The van der Waals surface area contributed by atoms with E-state index in [0.717, 1.165) is 22.0 Å². The number of benzene rings is 3. The third-order valence-corrected chi connectivity index (χ3v) is 3.94. The zero-order valence-electron chi connectivity index (χ0n) is 12.8. The Morgan fingerprint density at radius 2 is 1.58 bits per heavy atom. The summed E-state index contributed by atoms with van der Waals surface area (Å²) in [6.45, 7) is 0. The first-order valence-electron chi connectivity index (χ1n) is 7.68. The zero-order valence-corrected chi connectivity index (χ0v) is 12.8. The maximum atomic E-state index is 12.0. The normalized spacial score (nSPS) is 11.3. The quantitative estimate of drug-likeness (QED) is 0.588. The van der Waals surface area contributed by atoms with E-state index in [1.165, 1.54) is 0 Å². The Hall–Kier alpha value is -3.40. The average Bonchev–Trinajstić information content (AvgIpc) is 3.01. The van der Waals surface area contributed by atoms with E-state index < -0.39 is 5.63 Å². The van der Waals surface area contributed by atoms with Crippen LogP contribution in [0.15, 0.2) is 82.1 Å². The van der Waals surface area contributed by atoms with Crippen molar-refractivity contribution in [3.63, 3.8) is 0 Å². The molecule has 0 unspecified atom stereocenters. The number of aromatic nitrogens is 2. The van der Waals surface area contributed by atoms with Crippen LogP contribution in [0.3, 0.4) is 0 Å². The number of H-pyrrole nitrogens is 1. The lowest BCUT2D eigenvalue weighted by molar-refractivity contribution is -0.672. The van der Waals surface area contributed by atoms with Gasteiger partial charge in [-0.15, -0.1) is 0 Å². The van der Waals surface area contributed by atoms with E-state index in [4.69, 9.17) is 4.52 Å². The standard InChI is InChI=1S/C20H14N2O2/c23-20-19(22(21-24-20)17-10-2-1-3-11-17)14-13-16-9-6-8-15-7-4-5-12-18(15)16/h1-14H/p+1/b14-13+. The summed E-state index contributed by atoms with van der Waals surface area (Å²) in [5, 5.41) is 4.95. The maximum Gasteiger partial charge on any atom is 0.435 e. The second-order valence-corrected chi connectivity index (χ2v) is 5.44. The summed E-state index contributed by atoms with van der Waals surface area (Å²) in [7, 11) is 0. The molecule has 0 bridgehead atoms. The number of hydrogen-bond acceptors (Lipinski definition) is 2. The first-order valence-corrected chi connectivity index (χ1v) is 7.68. The van der Waals surface area contributed by atoms with Crippen LogP contribution in [0, 0.1) is 0 Å². The smallest absolute Gasteiger partial charge is 0.282 e. The van der Waals surface area contributed by atoms with E-state index >= 15 is 0 Å². The molecule has 0 spiro atoms. The molecule has 1 aromatic heterocycles. The monoisotopic (exact) mass is 315 g/mol. The lowest BCUT2D eigenvalue weighted by Crippen LogP contribution is -2.36. The van der Waals surface area contributed by atoms with Gasteiger partial charge in [-0.05, 0) is 32.4 Å². The molecule has 1 N–H and O–H groups in total. The van der Waals surface area contributed by atoms with Crippen LogP contribution in [-0.2, 0) is 0 Å². The predicted molar refractivity (Wildman–Crippen MR) is 93.7 cm³/mol. The highest BCUT2D eigenvalue weighted by Gasteiger charge is 2.20. The van der Waals surface area contributed by atoms with E-state index in [1.54, 1.807) is 10.8 Å². The molecular weight excluding hydrogens is 300 g/mol. The van der Waals surface area contributed by atoms with Crippen molar-refractivity contribution in [2.45, 2.75) is 0 Å². The van der Waals surface area contributed by atoms with Crippen molar-refractivity contribution in [1.82, 2.24) is 5.27 Å². The lowest BCUT2D eigenvalue weighted by Gasteiger charge is -2.00. The first kappa shape index (κ1) is 14.2. The van der Waals surface area contributed by atoms with E-state index in [2.05, 4.69) is 23.5 Å². The highest BCUT2D eigenvalue weighted by atomic mass is 16.5. The summed E-state index contributed by atoms with van der Waals surface area (Å²) in [6.07, 6.45) is 3.71. The minimum atomic E-state index is -0.407. The van der Waals surface area contributed by atoms with Crippen LogP contribution in [0.1, 0.15) is 11.3 Å². The molecule has 0 radical (unpaired) electrons. The molecule has 116 valence electrons. The van der Waals surface area contributed by atoms with Crippen molar-refractivity contribution in [2.24, 2.45) is 0 Å². The van der Waals surface area contributed by atoms with Crippen LogP contribution in [0.5, 0.6) is 0 Å². The number of rotatable bonds is 3. The van der Waals surface area contributed by atoms with Gasteiger partial charge in [0, 0.05) is 18.2 Å². The van der Waals surface area contributed by atoms with Crippen molar-refractivity contribution in [2.75, 3.05) is 0 Å². The lowest BCUT2D eigenvalue weighted by atomic mass is 10.0. The topological polar surface area (TPSA) is 49.9 Å². The van der Waals surface area contributed by atoms with Gasteiger partial charge in [-0.1, -0.05) is 60.7 Å². The Bertz CT molecular complexity index is 1070. The highest BCUT2D eigenvalue weighted by molar-refractivity contribution is 5.92. The van der Waals surface area contributed by atoms with E-state index in [1.807, 2.05) is 60.7 Å². The summed E-state index contributed by atoms with van der Waals surface area (Å²) >= 11 is 0. The van der Waals surface area contributed by atoms with Gasteiger partial charge in [-0.3, -0.25) is 4.52 Å². The Balaban J connectivity index is 1.80. The second-order valence-electron chi connectivity index (χ2n) is 5.44. The summed E-state index contributed by atoms with van der Waals surface area (Å²) in [4.78, 5) is 12.0. The van der Waals surface area contributed by atoms with Crippen LogP contribution < -0.4 is 10.3 Å². The van der Waals surface area contributed by atoms with Crippen molar-refractivity contribution in [3.05, 3.63) is 94.5 Å². The van der Waals surface area contributed by atoms with Crippen molar-refractivity contribution >= 4 is 22.9 Å². The molecule has 4 aromatic rings. The van der Waals surface area contributed by atoms with Gasteiger partial charge in [-0.25, -0.2) is 4.79 Å². The zero-order chi connectivity index (χ0) is 16.4. The van der Waals surface area contributed by atoms with Crippen LogP contribution >= 0.6 is 0 Å². The molecule has 3 aromatic carbocycles. The molecule has 4 rings (SSSR count).